The van der Waals surface area contributed by atoms with Gasteiger partial charge < -0.3 is 4.74 Å². The molecule has 0 aliphatic carbocycles. The van der Waals surface area contributed by atoms with E-state index in [2.05, 4.69) is 9.97 Å². The largest absolute Gasteiger partial charge is 0.460 e. The minimum Gasteiger partial charge on any atom is -0.460 e. The Morgan fingerprint density at radius 1 is 1.00 bits per heavy atom. The van der Waals surface area contributed by atoms with Crippen LogP contribution in [0.2, 0.25) is 0 Å². The van der Waals surface area contributed by atoms with E-state index in [0.717, 1.165) is 0 Å². The molecule has 0 saturated heterocycles. The standard InChI is InChI=1S/C22H22F4N2O2/c1-6-7-14-17(23)19(25)15(20(26)18(14)24)10-30-22(29)16(11(2)3)13-8-27-21(12(4)5)28-9-13/h1,8-9,11-12,16H,7,10H2,2-5H3. The molecule has 1 atom stereocenters. The van der Waals surface area contributed by atoms with E-state index in [1.807, 2.05) is 19.8 Å². The average molecular weight is 422 g/mol. The lowest BCUT2D eigenvalue weighted by atomic mass is 9.90. The number of terminal acetylenes is 1. The molecule has 1 heterocycles. The molecule has 0 fully saturated rings. The normalized spacial score (nSPS) is 12.2. The minimum atomic E-state index is -1.64. The third kappa shape index (κ3) is 4.78. The molecule has 1 aromatic carbocycles. The highest BCUT2D eigenvalue weighted by Crippen LogP contribution is 2.28. The second-order valence-corrected chi connectivity index (χ2v) is 7.45. The lowest BCUT2D eigenvalue weighted by molar-refractivity contribution is -0.148. The number of halogens is 4. The number of hydrogen-bond acceptors (Lipinski definition) is 4. The van der Waals surface area contributed by atoms with Gasteiger partial charge in [-0.15, -0.1) is 12.3 Å². The fraction of sp³-hybridized carbons (Fsp3) is 0.409. The van der Waals surface area contributed by atoms with E-state index in [1.165, 1.54) is 12.4 Å². The zero-order valence-electron chi connectivity index (χ0n) is 17.1. The Morgan fingerprint density at radius 2 is 1.50 bits per heavy atom. The van der Waals surface area contributed by atoms with Crippen molar-refractivity contribution in [2.45, 2.75) is 52.6 Å². The van der Waals surface area contributed by atoms with Gasteiger partial charge in [0.2, 0.25) is 0 Å². The predicted molar refractivity (Wildman–Crippen MR) is 102 cm³/mol. The Morgan fingerprint density at radius 3 is 1.93 bits per heavy atom. The van der Waals surface area contributed by atoms with E-state index < -0.39 is 59.3 Å². The minimum absolute atomic E-state index is 0.0942. The van der Waals surface area contributed by atoms with Crippen molar-refractivity contribution < 1.29 is 27.1 Å². The van der Waals surface area contributed by atoms with Crippen LogP contribution in [0.3, 0.4) is 0 Å². The van der Waals surface area contributed by atoms with Crippen molar-refractivity contribution in [1.82, 2.24) is 9.97 Å². The van der Waals surface area contributed by atoms with E-state index in [-0.39, 0.29) is 11.8 Å². The van der Waals surface area contributed by atoms with Gasteiger partial charge in [0.05, 0.1) is 11.5 Å². The molecule has 0 radical (unpaired) electrons. The molecule has 0 saturated carbocycles. The Kier molecular flexibility index (Phi) is 7.54. The van der Waals surface area contributed by atoms with E-state index in [0.29, 0.717) is 11.4 Å². The second-order valence-electron chi connectivity index (χ2n) is 7.45. The van der Waals surface area contributed by atoms with Crippen LogP contribution in [0.1, 0.15) is 62.0 Å². The van der Waals surface area contributed by atoms with Gasteiger partial charge in [0.25, 0.3) is 0 Å². The lowest BCUT2D eigenvalue weighted by Gasteiger charge is -2.20. The SMILES string of the molecule is C#CCc1c(F)c(F)c(COC(=O)C(c2cnc(C(C)C)nc2)C(C)C)c(F)c1F. The molecule has 0 spiro atoms. The average Bonchev–Trinajstić information content (AvgIpc) is 2.70. The summed E-state index contributed by atoms with van der Waals surface area (Å²) in [6, 6.07) is 0. The van der Waals surface area contributed by atoms with Crippen LogP contribution in [-0.2, 0) is 22.6 Å². The molecule has 0 aliphatic heterocycles. The molecule has 8 heteroatoms. The topological polar surface area (TPSA) is 52.1 Å². The van der Waals surface area contributed by atoms with Crippen LogP contribution in [0.25, 0.3) is 0 Å². The highest BCUT2D eigenvalue weighted by atomic mass is 19.2. The first-order chi connectivity index (χ1) is 14.1. The summed E-state index contributed by atoms with van der Waals surface area (Å²) in [6.07, 6.45) is 7.33. The number of esters is 1. The Labute approximate surface area is 172 Å². The van der Waals surface area contributed by atoms with Crippen molar-refractivity contribution in [3.8, 4) is 12.3 Å². The molecule has 0 amide bonds. The molecule has 30 heavy (non-hydrogen) atoms. The highest BCUT2D eigenvalue weighted by molar-refractivity contribution is 5.78. The molecule has 0 N–H and O–H groups in total. The number of ether oxygens (including phenoxy) is 1. The summed E-state index contributed by atoms with van der Waals surface area (Å²) in [7, 11) is 0. The molecule has 1 aromatic heterocycles. The van der Waals surface area contributed by atoms with Crippen LogP contribution in [0, 0.1) is 41.5 Å². The van der Waals surface area contributed by atoms with Crippen LogP contribution in [-0.4, -0.2) is 15.9 Å². The molecule has 0 bridgehead atoms. The van der Waals surface area contributed by atoms with E-state index >= 15 is 0 Å². The van der Waals surface area contributed by atoms with Crippen LogP contribution in [0.5, 0.6) is 0 Å². The second kappa shape index (κ2) is 9.70. The van der Waals surface area contributed by atoms with Crippen molar-refractivity contribution in [1.29, 1.82) is 0 Å². The molecule has 2 rings (SSSR count). The maximum atomic E-state index is 14.2. The maximum Gasteiger partial charge on any atom is 0.314 e. The zero-order chi connectivity index (χ0) is 22.6. The van der Waals surface area contributed by atoms with Gasteiger partial charge in [-0.3, -0.25) is 4.79 Å². The Bertz CT molecular complexity index is 938. The van der Waals surface area contributed by atoms with Crippen molar-refractivity contribution in [2.24, 2.45) is 5.92 Å². The summed E-state index contributed by atoms with van der Waals surface area (Å²) in [6.45, 7) is 6.35. The van der Waals surface area contributed by atoms with Gasteiger partial charge in [-0.2, -0.15) is 0 Å². The van der Waals surface area contributed by atoms with Crippen molar-refractivity contribution in [2.75, 3.05) is 0 Å². The van der Waals surface area contributed by atoms with E-state index in [4.69, 9.17) is 11.2 Å². The fourth-order valence-electron chi connectivity index (χ4n) is 2.94. The molecular weight excluding hydrogens is 400 g/mol. The van der Waals surface area contributed by atoms with Crippen molar-refractivity contribution in [3.05, 3.63) is 58.2 Å². The summed E-state index contributed by atoms with van der Waals surface area (Å²) in [5.41, 5.74) is -1.44. The van der Waals surface area contributed by atoms with E-state index in [1.54, 1.807) is 13.8 Å². The summed E-state index contributed by atoms with van der Waals surface area (Å²) < 4.78 is 61.5. The number of hydrogen-bond donors (Lipinski definition) is 0. The molecule has 1 unspecified atom stereocenters. The third-order valence-corrected chi connectivity index (χ3v) is 4.57. The first-order valence-corrected chi connectivity index (χ1v) is 9.35. The van der Waals surface area contributed by atoms with Gasteiger partial charge in [-0.05, 0) is 5.92 Å². The monoisotopic (exact) mass is 422 g/mol. The summed E-state index contributed by atoms with van der Waals surface area (Å²) >= 11 is 0. The van der Waals surface area contributed by atoms with Crippen molar-refractivity contribution in [3.63, 3.8) is 0 Å². The predicted octanol–water partition coefficient (Wildman–Crippen LogP) is 4.82. The summed E-state index contributed by atoms with van der Waals surface area (Å²) in [5.74, 6) is -5.76. The first-order valence-electron chi connectivity index (χ1n) is 9.35. The van der Waals surface area contributed by atoms with Gasteiger partial charge in [-0.25, -0.2) is 27.5 Å². The van der Waals surface area contributed by atoms with Gasteiger partial charge in [0.1, 0.15) is 12.4 Å². The van der Waals surface area contributed by atoms with Gasteiger partial charge in [0.15, 0.2) is 23.3 Å². The molecule has 160 valence electrons. The number of rotatable bonds is 7. The smallest absolute Gasteiger partial charge is 0.314 e. The molecule has 2 aromatic rings. The van der Waals surface area contributed by atoms with Crippen LogP contribution < -0.4 is 0 Å². The van der Waals surface area contributed by atoms with Gasteiger partial charge in [-0.1, -0.05) is 27.7 Å². The van der Waals surface area contributed by atoms with Gasteiger partial charge in [0, 0.05) is 35.9 Å². The quantitative estimate of drug-likeness (QED) is 0.278. The number of aromatic nitrogens is 2. The van der Waals surface area contributed by atoms with Crippen LogP contribution >= 0.6 is 0 Å². The molecule has 4 nitrogen and oxygen atoms in total. The number of benzene rings is 1. The lowest BCUT2D eigenvalue weighted by Crippen LogP contribution is -2.22. The van der Waals surface area contributed by atoms with Crippen LogP contribution in [0.4, 0.5) is 17.6 Å². The summed E-state index contributed by atoms with van der Waals surface area (Å²) in [4.78, 5) is 21.0. The fourth-order valence-corrected chi connectivity index (χ4v) is 2.94. The molecular formula is C22H22F4N2O2. The van der Waals surface area contributed by atoms with Gasteiger partial charge >= 0.3 is 5.97 Å². The Balaban J connectivity index is 2.27. The zero-order valence-corrected chi connectivity index (χ0v) is 17.1. The highest BCUT2D eigenvalue weighted by Gasteiger charge is 2.29. The summed E-state index contributed by atoms with van der Waals surface area (Å²) in [5, 5.41) is 0. The van der Waals surface area contributed by atoms with Crippen molar-refractivity contribution >= 4 is 5.97 Å². The number of carbonyl (C=O) groups excluding carboxylic acids is 1. The Hall–Kier alpha value is -2.95. The number of nitrogens with zero attached hydrogens (tertiary/aromatic N) is 2. The number of carbonyl (C=O) groups is 1. The third-order valence-electron chi connectivity index (χ3n) is 4.57. The first kappa shape index (κ1) is 23.3. The van der Waals surface area contributed by atoms with Crippen LogP contribution in [0.15, 0.2) is 12.4 Å². The molecule has 0 aliphatic rings. The van der Waals surface area contributed by atoms with E-state index in [9.17, 15) is 22.4 Å². The maximum absolute atomic E-state index is 14.2.